The summed E-state index contributed by atoms with van der Waals surface area (Å²) in [7, 11) is 0. The molecule has 0 aliphatic heterocycles. The lowest BCUT2D eigenvalue weighted by molar-refractivity contribution is -0.132. The van der Waals surface area contributed by atoms with Crippen LogP contribution in [0, 0.1) is 5.92 Å². The SMILES string of the molecule is CCC(=O)N[C@H](CC1CCCCC1)C(=O)N[C@@H](Cc1ccc(Cl)c(Cl)c1)C(=O)NCc1ccc(CN)cc1. The molecule has 3 rings (SSSR count). The van der Waals surface area contributed by atoms with E-state index in [1.165, 1.54) is 6.42 Å². The molecule has 1 fully saturated rings. The first-order valence-corrected chi connectivity index (χ1v) is 14.1. The fourth-order valence-electron chi connectivity index (χ4n) is 4.77. The van der Waals surface area contributed by atoms with Gasteiger partial charge in [0.25, 0.3) is 0 Å². The fourth-order valence-corrected chi connectivity index (χ4v) is 5.09. The van der Waals surface area contributed by atoms with Crippen LogP contribution in [-0.2, 0) is 33.9 Å². The van der Waals surface area contributed by atoms with Crippen molar-refractivity contribution in [3.05, 3.63) is 69.2 Å². The minimum Gasteiger partial charge on any atom is -0.350 e. The van der Waals surface area contributed by atoms with Gasteiger partial charge in [-0.1, -0.05) is 92.6 Å². The zero-order valence-electron chi connectivity index (χ0n) is 21.9. The first kappa shape index (κ1) is 29.9. The third-order valence-electron chi connectivity index (χ3n) is 7.05. The van der Waals surface area contributed by atoms with Gasteiger partial charge in [0.15, 0.2) is 0 Å². The average Bonchev–Trinajstić information content (AvgIpc) is 2.93. The molecule has 2 aromatic carbocycles. The molecule has 206 valence electrons. The van der Waals surface area contributed by atoms with Gasteiger partial charge in [-0.05, 0) is 41.2 Å². The highest BCUT2D eigenvalue weighted by molar-refractivity contribution is 6.42. The van der Waals surface area contributed by atoms with E-state index >= 15 is 0 Å². The lowest BCUT2D eigenvalue weighted by Gasteiger charge is -2.28. The Kier molecular flexibility index (Phi) is 11.9. The molecule has 0 unspecified atom stereocenters. The molecule has 1 aliphatic carbocycles. The van der Waals surface area contributed by atoms with Crippen LogP contribution in [0.3, 0.4) is 0 Å². The van der Waals surface area contributed by atoms with Gasteiger partial charge in [0.2, 0.25) is 17.7 Å². The topological polar surface area (TPSA) is 113 Å². The van der Waals surface area contributed by atoms with Crippen molar-refractivity contribution in [1.82, 2.24) is 16.0 Å². The molecule has 1 saturated carbocycles. The van der Waals surface area contributed by atoms with Crippen LogP contribution >= 0.6 is 23.2 Å². The number of hydrogen-bond donors (Lipinski definition) is 4. The Balaban J connectivity index is 1.75. The molecule has 2 atom stereocenters. The summed E-state index contributed by atoms with van der Waals surface area (Å²) in [5.74, 6) is -0.502. The van der Waals surface area contributed by atoms with Crippen molar-refractivity contribution >= 4 is 40.9 Å². The second-order valence-corrected chi connectivity index (χ2v) is 10.8. The van der Waals surface area contributed by atoms with E-state index in [-0.39, 0.29) is 30.6 Å². The minimum absolute atomic E-state index is 0.188. The smallest absolute Gasteiger partial charge is 0.243 e. The summed E-state index contributed by atoms with van der Waals surface area (Å²) in [6.07, 6.45) is 6.62. The number of halogens is 2. The normalized spacial score (nSPS) is 15.4. The van der Waals surface area contributed by atoms with Gasteiger partial charge in [-0.15, -0.1) is 0 Å². The van der Waals surface area contributed by atoms with E-state index in [4.69, 9.17) is 28.9 Å². The summed E-state index contributed by atoms with van der Waals surface area (Å²) >= 11 is 12.3. The Bertz CT molecular complexity index is 1090. The third-order valence-corrected chi connectivity index (χ3v) is 7.79. The summed E-state index contributed by atoms with van der Waals surface area (Å²) in [5, 5.41) is 9.51. The maximum atomic E-state index is 13.5. The van der Waals surface area contributed by atoms with E-state index in [2.05, 4.69) is 16.0 Å². The number of nitrogens with two attached hydrogens (primary N) is 1. The van der Waals surface area contributed by atoms with Crippen molar-refractivity contribution < 1.29 is 14.4 Å². The van der Waals surface area contributed by atoms with Gasteiger partial charge < -0.3 is 21.7 Å². The Hall–Kier alpha value is -2.61. The lowest BCUT2D eigenvalue weighted by atomic mass is 9.84. The van der Waals surface area contributed by atoms with Gasteiger partial charge in [0, 0.05) is 25.9 Å². The predicted octanol–water partition coefficient (Wildman–Crippen LogP) is 4.66. The Labute approximate surface area is 235 Å². The summed E-state index contributed by atoms with van der Waals surface area (Å²) in [5.41, 5.74) is 8.35. The molecule has 0 heterocycles. The van der Waals surface area contributed by atoms with E-state index in [0.717, 1.165) is 42.4 Å². The van der Waals surface area contributed by atoms with E-state index in [1.807, 2.05) is 24.3 Å². The van der Waals surface area contributed by atoms with Crippen LogP contribution in [0.5, 0.6) is 0 Å². The summed E-state index contributed by atoms with van der Waals surface area (Å²) in [6, 6.07) is 11.2. The first-order chi connectivity index (χ1) is 18.3. The van der Waals surface area contributed by atoms with E-state index in [1.54, 1.807) is 25.1 Å². The molecular formula is C29H38Cl2N4O3. The average molecular weight is 562 g/mol. The largest absolute Gasteiger partial charge is 0.350 e. The number of hydrogen-bond acceptors (Lipinski definition) is 4. The quantitative estimate of drug-likeness (QED) is 0.302. The van der Waals surface area contributed by atoms with Gasteiger partial charge >= 0.3 is 0 Å². The molecule has 7 nitrogen and oxygen atoms in total. The van der Waals surface area contributed by atoms with Crippen LogP contribution in [0.25, 0.3) is 0 Å². The molecule has 0 saturated heterocycles. The number of rotatable bonds is 12. The predicted molar refractivity (Wildman–Crippen MR) is 152 cm³/mol. The Morgan fingerprint density at radius 1 is 0.868 bits per heavy atom. The number of carbonyl (C=O) groups excluding carboxylic acids is 3. The molecule has 0 spiro atoms. The summed E-state index contributed by atoms with van der Waals surface area (Å²) < 4.78 is 0. The molecule has 38 heavy (non-hydrogen) atoms. The molecule has 0 bridgehead atoms. The van der Waals surface area contributed by atoms with Gasteiger partial charge in [0.05, 0.1) is 10.0 Å². The monoisotopic (exact) mass is 560 g/mol. The van der Waals surface area contributed by atoms with Crippen molar-refractivity contribution in [3.8, 4) is 0 Å². The van der Waals surface area contributed by atoms with Crippen molar-refractivity contribution in [2.24, 2.45) is 11.7 Å². The third kappa shape index (κ3) is 9.29. The zero-order valence-corrected chi connectivity index (χ0v) is 23.4. The molecule has 1 aliphatic rings. The van der Waals surface area contributed by atoms with Crippen molar-refractivity contribution in [2.75, 3.05) is 0 Å². The van der Waals surface area contributed by atoms with Gasteiger partial charge in [-0.3, -0.25) is 14.4 Å². The fraction of sp³-hybridized carbons (Fsp3) is 0.483. The van der Waals surface area contributed by atoms with Crippen LogP contribution < -0.4 is 21.7 Å². The van der Waals surface area contributed by atoms with Crippen molar-refractivity contribution in [1.29, 1.82) is 0 Å². The molecule has 3 amide bonds. The molecule has 5 N–H and O–H groups in total. The number of carbonyl (C=O) groups is 3. The van der Waals surface area contributed by atoms with Crippen LogP contribution in [0.4, 0.5) is 0 Å². The van der Waals surface area contributed by atoms with Gasteiger partial charge in [-0.25, -0.2) is 0 Å². The molecule has 0 radical (unpaired) electrons. The zero-order chi connectivity index (χ0) is 27.5. The van der Waals surface area contributed by atoms with Crippen LogP contribution in [0.2, 0.25) is 10.0 Å². The van der Waals surface area contributed by atoms with Crippen molar-refractivity contribution in [3.63, 3.8) is 0 Å². The van der Waals surface area contributed by atoms with Crippen molar-refractivity contribution in [2.45, 2.75) is 83.5 Å². The van der Waals surface area contributed by atoms with Crippen LogP contribution in [-0.4, -0.2) is 29.8 Å². The maximum absolute atomic E-state index is 13.5. The van der Waals surface area contributed by atoms with Gasteiger partial charge in [-0.2, -0.15) is 0 Å². The van der Waals surface area contributed by atoms with Gasteiger partial charge in [0.1, 0.15) is 12.1 Å². The number of amides is 3. The highest BCUT2D eigenvalue weighted by Crippen LogP contribution is 2.28. The summed E-state index contributed by atoms with van der Waals surface area (Å²) in [6.45, 7) is 2.50. The molecular weight excluding hydrogens is 523 g/mol. The second kappa shape index (κ2) is 15.1. The number of benzene rings is 2. The van der Waals surface area contributed by atoms with Crippen LogP contribution in [0.15, 0.2) is 42.5 Å². The van der Waals surface area contributed by atoms with Crippen LogP contribution in [0.1, 0.15) is 68.6 Å². The molecule has 2 aromatic rings. The Morgan fingerprint density at radius 3 is 2.16 bits per heavy atom. The van der Waals surface area contributed by atoms with E-state index in [9.17, 15) is 14.4 Å². The minimum atomic E-state index is -0.865. The standard InChI is InChI=1S/C29H38Cl2N4O3/c1-2-27(36)34-26(15-19-6-4-3-5-7-19)29(38)35-25(16-22-12-13-23(30)24(31)14-22)28(37)33-18-21-10-8-20(17-32)9-11-21/h8-14,19,25-26H,2-7,15-18,32H2,1H3,(H,33,37)(H,34,36)(H,35,38)/t25-,26+/m0/s1. The first-order valence-electron chi connectivity index (χ1n) is 13.4. The summed E-state index contributed by atoms with van der Waals surface area (Å²) in [4.78, 5) is 39.1. The lowest BCUT2D eigenvalue weighted by Crippen LogP contribution is -2.54. The second-order valence-electron chi connectivity index (χ2n) is 9.97. The number of nitrogens with one attached hydrogen (secondary N) is 3. The Morgan fingerprint density at radius 2 is 1.53 bits per heavy atom. The highest BCUT2D eigenvalue weighted by atomic mass is 35.5. The van der Waals surface area contributed by atoms with E-state index in [0.29, 0.717) is 35.5 Å². The molecule has 9 heteroatoms. The molecule has 0 aromatic heterocycles. The van der Waals surface area contributed by atoms with E-state index < -0.39 is 12.1 Å². The highest BCUT2D eigenvalue weighted by Gasteiger charge is 2.29. The maximum Gasteiger partial charge on any atom is 0.243 e.